The average Bonchev–Trinajstić information content (AvgIpc) is 3.35. The number of thiophene rings is 1. The molecule has 0 aliphatic carbocycles. The molecular formula is C27H32N2O4S2. The molecule has 0 radical (unpaired) electrons. The van der Waals surface area contributed by atoms with E-state index in [1.165, 1.54) is 9.18 Å². The molecular weight excluding hydrogens is 480 g/mol. The van der Waals surface area contributed by atoms with Gasteiger partial charge in [-0.25, -0.2) is 8.42 Å². The van der Waals surface area contributed by atoms with Crippen LogP contribution in [0.2, 0.25) is 0 Å². The lowest BCUT2D eigenvalue weighted by Crippen LogP contribution is -2.47. The topological polar surface area (TPSA) is 66.9 Å². The summed E-state index contributed by atoms with van der Waals surface area (Å²) in [6, 6.07) is 18.6. The maximum Gasteiger partial charge on any atom is 0.243 e. The summed E-state index contributed by atoms with van der Waals surface area (Å²) in [5.41, 5.74) is 3.14. The number of ether oxygens (including phenoxy) is 1. The minimum absolute atomic E-state index is 0.192. The van der Waals surface area contributed by atoms with Gasteiger partial charge in [-0.3, -0.25) is 4.79 Å². The molecule has 1 atom stereocenters. The van der Waals surface area contributed by atoms with Crippen molar-refractivity contribution in [1.29, 1.82) is 0 Å². The van der Waals surface area contributed by atoms with Crippen molar-refractivity contribution in [1.82, 2.24) is 9.21 Å². The Morgan fingerprint density at radius 1 is 1.11 bits per heavy atom. The van der Waals surface area contributed by atoms with Crippen LogP contribution in [0.1, 0.15) is 41.0 Å². The van der Waals surface area contributed by atoms with E-state index >= 15 is 0 Å². The van der Waals surface area contributed by atoms with E-state index in [-0.39, 0.29) is 29.9 Å². The normalized spacial score (nSPS) is 15.9. The third-order valence-electron chi connectivity index (χ3n) is 6.27. The minimum atomic E-state index is -3.84. The summed E-state index contributed by atoms with van der Waals surface area (Å²) < 4.78 is 33.8. The second kappa shape index (κ2) is 11.5. The number of sulfonamides is 1. The van der Waals surface area contributed by atoms with Crippen LogP contribution in [0.3, 0.4) is 0 Å². The first-order valence-corrected chi connectivity index (χ1v) is 14.3. The summed E-state index contributed by atoms with van der Waals surface area (Å²) in [6.07, 6.45) is 1.29. The lowest BCUT2D eigenvalue weighted by molar-refractivity contribution is -0.133. The Morgan fingerprint density at radius 3 is 2.57 bits per heavy atom. The monoisotopic (exact) mass is 512 g/mol. The number of hydrogen-bond acceptors (Lipinski definition) is 5. The van der Waals surface area contributed by atoms with E-state index in [9.17, 15) is 13.2 Å². The number of amides is 1. The number of hydrogen-bond donors (Lipinski definition) is 0. The summed E-state index contributed by atoms with van der Waals surface area (Å²) in [4.78, 5) is 17.1. The molecule has 1 aliphatic rings. The molecule has 0 fully saturated rings. The quantitative estimate of drug-likeness (QED) is 0.371. The van der Waals surface area contributed by atoms with Gasteiger partial charge in [0, 0.05) is 31.2 Å². The van der Waals surface area contributed by atoms with Gasteiger partial charge in [-0.05, 0) is 61.4 Å². The highest BCUT2D eigenvalue weighted by molar-refractivity contribution is 7.89. The Kier molecular flexibility index (Phi) is 8.38. The molecule has 4 rings (SSSR count). The fourth-order valence-corrected chi connectivity index (χ4v) is 6.78. The van der Waals surface area contributed by atoms with Gasteiger partial charge in [0.15, 0.2) is 0 Å². The lowest BCUT2D eigenvalue weighted by Gasteiger charge is -2.37. The van der Waals surface area contributed by atoms with E-state index < -0.39 is 10.0 Å². The molecule has 35 heavy (non-hydrogen) atoms. The molecule has 0 saturated carbocycles. The van der Waals surface area contributed by atoms with Crippen molar-refractivity contribution < 1.29 is 17.9 Å². The second-order valence-electron chi connectivity index (χ2n) is 8.65. The van der Waals surface area contributed by atoms with Gasteiger partial charge in [0.05, 0.1) is 17.5 Å². The molecule has 1 aromatic heterocycles. The highest BCUT2D eigenvalue weighted by atomic mass is 32.2. The first-order chi connectivity index (χ1) is 16.9. The van der Waals surface area contributed by atoms with Crippen molar-refractivity contribution in [3.63, 3.8) is 0 Å². The summed E-state index contributed by atoms with van der Waals surface area (Å²) in [7, 11) is -3.84. The molecule has 2 aromatic carbocycles. The number of rotatable bonds is 10. The minimum Gasteiger partial charge on any atom is -0.382 e. The zero-order chi connectivity index (χ0) is 24.8. The van der Waals surface area contributed by atoms with Gasteiger partial charge in [0.1, 0.15) is 0 Å². The molecule has 3 aromatic rings. The highest BCUT2D eigenvalue weighted by Crippen LogP contribution is 2.38. The van der Waals surface area contributed by atoms with E-state index in [2.05, 4.69) is 11.4 Å². The molecule has 1 unspecified atom stereocenters. The Hall–Kier alpha value is -2.52. The zero-order valence-electron chi connectivity index (χ0n) is 20.2. The van der Waals surface area contributed by atoms with E-state index in [1.54, 1.807) is 35.6 Å². The molecule has 0 spiro atoms. The van der Waals surface area contributed by atoms with Crippen molar-refractivity contribution in [2.45, 2.75) is 37.6 Å². The predicted octanol–water partition coefficient (Wildman–Crippen LogP) is 4.65. The molecule has 1 aliphatic heterocycles. The van der Waals surface area contributed by atoms with Gasteiger partial charge in [-0.15, -0.1) is 11.3 Å². The molecule has 0 saturated heterocycles. The largest absolute Gasteiger partial charge is 0.382 e. The number of carbonyl (C=O) groups excluding carboxylic acids is 1. The predicted molar refractivity (Wildman–Crippen MR) is 139 cm³/mol. The summed E-state index contributed by atoms with van der Waals surface area (Å²) in [5.74, 6) is -0.192. The van der Waals surface area contributed by atoms with Crippen LogP contribution in [0.25, 0.3) is 0 Å². The van der Waals surface area contributed by atoms with Crippen molar-refractivity contribution >= 4 is 27.3 Å². The fourth-order valence-electron chi connectivity index (χ4n) is 4.45. The van der Waals surface area contributed by atoms with Crippen molar-refractivity contribution in [3.8, 4) is 0 Å². The first kappa shape index (κ1) is 25.6. The summed E-state index contributed by atoms with van der Waals surface area (Å²) >= 11 is 1.71. The fraction of sp³-hybridized carbons (Fsp3) is 0.370. The van der Waals surface area contributed by atoms with E-state index in [4.69, 9.17) is 4.74 Å². The number of carbonyl (C=O) groups is 1. The number of benzene rings is 2. The smallest absolute Gasteiger partial charge is 0.243 e. The summed E-state index contributed by atoms with van der Waals surface area (Å²) in [5, 5.41) is 2.07. The third kappa shape index (κ3) is 5.83. The van der Waals surface area contributed by atoms with Crippen molar-refractivity contribution in [3.05, 3.63) is 87.6 Å². The SMILES string of the molecule is CCOCCCN(CC(=O)N1CCc2sccc2C1c1ccccc1)S(=O)(=O)c1ccc(C)cc1. The van der Waals surface area contributed by atoms with Gasteiger partial charge in [0.2, 0.25) is 15.9 Å². The molecule has 1 amide bonds. The van der Waals surface area contributed by atoms with E-state index in [1.807, 2.05) is 49.1 Å². The van der Waals surface area contributed by atoms with Gasteiger partial charge in [-0.2, -0.15) is 4.31 Å². The van der Waals surface area contributed by atoms with E-state index in [0.717, 1.165) is 23.1 Å². The van der Waals surface area contributed by atoms with E-state index in [0.29, 0.717) is 26.2 Å². The van der Waals surface area contributed by atoms with Gasteiger partial charge in [-0.1, -0.05) is 48.0 Å². The van der Waals surface area contributed by atoms with Gasteiger partial charge >= 0.3 is 0 Å². The second-order valence-corrected chi connectivity index (χ2v) is 11.6. The third-order valence-corrected chi connectivity index (χ3v) is 9.13. The van der Waals surface area contributed by atoms with Crippen molar-refractivity contribution in [2.75, 3.05) is 32.8 Å². The number of nitrogens with zero attached hydrogens (tertiary/aromatic N) is 2. The van der Waals surface area contributed by atoms with Crippen LogP contribution in [0.5, 0.6) is 0 Å². The Bertz CT molecular complexity index is 1220. The molecule has 2 heterocycles. The Morgan fingerprint density at radius 2 is 1.86 bits per heavy atom. The first-order valence-electron chi connectivity index (χ1n) is 12.0. The maximum absolute atomic E-state index is 13.7. The Labute approximate surface area is 212 Å². The summed E-state index contributed by atoms with van der Waals surface area (Å²) in [6.45, 7) is 5.41. The molecule has 6 nitrogen and oxygen atoms in total. The number of aryl methyl sites for hydroxylation is 1. The van der Waals surface area contributed by atoms with Gasteiger partial charge in [0.25, 0.3) is 0 Å². The van der Waals surface area contributed by atoms with Crippen LogP contribution >= 0.6 is 11.3 Å². The lowest BCUT2D eigenvalue weighted by atomic mass is 9.93. The van der Waals surface area contributed by atoms with Crippen LogP contribution < -0.4 is 0 Å². The molecule has 0 bridgehead atoms. The zero-order valence-corrected chi connectivity index (χ0v) is 21.9. The molecule has 186 valence electrons. The van der Waals surface area contributed by atoms with Crippen LogP contribution in [-0.2, 0) is 26.0 Å². The van der Waals surface area contributed by atoms with Crippen LogP contribution in [0.4, 0.5) is 0 Å². The highest BCUT2D eigenvalue weighted by Gasteiger charge is 2.35. The molecule has 0 N–H and O–H groups in total. The van der Waals surface area contributed by atoms with Gasteiger partial charge < -0.3 is 9.64 Å². The Balaban J connectivity index is 1.61. The van der Waals surface area contributed by atoms with Crippen LogP contribution in [-0.4, -0.2) is 56.4 Å². The maximum atomic E-state index is 13.7. The average molecular weight is 513 g/mol. The van der Waals surface area contributed by atoms with Crippen LogP contribution in [0.15, 0.2) is 70.9 Å². The number of fused-ring (bicyclic) bond motifs is 1. The standard InChI is InChI=1S/C27H32N2O4S2/c1-3-33-18-7-16-28(35(31,32)23-12-10-21(2)11-13-23)20-26(30)29-17-14-25-24(15-19-34-25)27(29)22-8-5-4-6-9-22/h4-6,8-13,15,19,27H,3,7,14,16-18,20H2,1-2H3. The molecule has 8 heteroatoms. The van der Waals surface area contributed by atoms with Crippen molar-refractivity contribution in [2.24, 2.45) is 0 Å². The van der Waals surface area contributed by atoms with Crippen LogP contribution in [0, 0.1) is 6.92 Å².